The van der Waals surface area contributed by atoms with E-state index in [2.05, 4.69) is 10.1 Å². The second-order valence-corrected chi connectivity index (χ2v) is 7.51. The first kappa shape index (κ1) is 24.1. The maximum Gasteiger partial charge on any atom is 0.317 e. The van der Waals surface area contributed by atoms with E-state index in [-0.39, 0.29) is 35.6 Å². The molecule has 0 aliphatic carbocycles. The summed E-state index contributed by atoms with van der Waals surface area (Å²) in [5.41, 5.74) is 1.07. The maximum absolute atomic E-state index is 12.5. The van der Waals surface area contributed by atoms with Gasteiger partial charge in [0.2, 0.25) is 5.82 Å². The molecular formula is C23H20Cl2N4O4. The Morgan fingerprint density at radius 1 is 1.00 bits per heavy atom. The molecule has 0 radical (unpaired) electrons. The van der Waals surface area contributed by atoms with Crippen LogP contribution in [0.5, 0.6) is 17.2 Å². The largest absolute Gasteiger partial charge is 0.505 e. The maximum atomic E-state index is 12.5. The monoisotopic (exact) mass is 486 g/mol. The van der Waals surface area contributed by atoms with Gasteiger partial charge in [0, 0.05) is 0 Å². The standard InChI is InChI=1S/C22H16Cl2N4O4.CH4/c23-18-10-15(11-19(24)20(18)29)27-13-25-21(26-27)22(30)28(31)12-14-6-8-17(9-7-14)32-16-4-2-1-3-5-16;/h1-11,13,29,31H,12H2;1H4. The van der Waals surface area contributed by atoms with Crippen molar-refractivity contribution < 1.29 is 19.8 Å². The van der Waals surface area contributed by atoms with Crippen LogP contribution in [-0.4, -0.2) is 36.0 Å². The summed E-state index contributed by atoms with van der Waals surface area (Å²) < 4.78 is 6.98. The molecule has 0 saturated carbocycles. The molecule has 2 N–H and O–H groups in total. The van der Waals surface area contributed by atoms with Crippen LogP contribution < -0.4 is 4.74 Å². The summed E-state index contributed by atoms with van der Waals surface area (Å²) >= 11 is 11.8. The second kappa shape index (κ2) is 10.4. The topological polar surface area (TPSA) is 101 Å². The number of phenols is 1. The SMILES string of the molecule is C.O=C(c1ncn(-c2cc(Cl)c(O)c(Cl)c2)n1)N(O)Cc1ccc(Oc2ccccc2)cc1. The number of carbonyl (C=O) groups excluding carboxylic acids is 1. The normalized spacial score (nSPS) is 10.4. The van der Waals surface area contributed by atoms with E-state index < -0.39 is 5.91 Å². The Labute approximate surface area is 200 Å². The number of aromatic hydroxyl groups is 1. The molecule has 1 heterocycles. The summed E-state index contributed by atoms with van der Waals surface area (Å²) in [5, 5.41) is 24.5. The van der Waals surface area contributed by atoms with Gasteiger partial charge in [-0.05, 0) is 42.0 Å². The van der Waals surface area contributed by atoms with E-state index >= 15 is 0 Å². The Kier molecular flexibility index (Phi) is 7.55. The zero-order valence-corrected chi connectivity index (χ0v) is 17.9. The highest BCUT2D eigenvalue weighted by Gasteiger charge is 2.20. The molecule has 0 atom stereocenters. The highest BCUT2D eigenvalue weighted by Crippen LogP contribution is 2.33. The van der Waals surface area contributed by atoms with E-state index in [4.69, 9.17) is 27.9 Å². The molecule has 33 heavy (non-hydrogen) atoms. The Bertz CT molecular complexity index is 1220. The van der Waals surface area contributed by atoms with Gasteiger partial charge in [0.25, 0.3) is 0 Å². The number of para-hydroxylation sites is 1. The van der Waals surface area contributed by atoms with Crippen molar-refractivity contribution in [3.05, 3.63) is 94.5 Å². The van der Waals surface area contributed by atoms with Crippen molar-refractivity contribution in [2.24, 2.45) is 0 Å². The van der Waals surface area contributed by atoms with Crippen LogP contribution in [0.15, 0.2) is 73.1 Å². The quantitative estimate of drug-likeness (QED) is 0.266. The lowest BCUT2D eigenvalue weighted by molar-refractivity contribution is -0.0656. The number of halogens is 2. The minimum Gasteiger partial charge on any atom is -0.505 e. The van der Waals surface area contributed by atoms with Crippen LogP contribution >= 0.6 is 23.2 Å². The Morgan fingerprint density at radius 3 is 2.24 bits per heavy atom. The molecule has 1 aromatic heterocycles. The number of nitrogens with zero attached hydrogens (tertiary/aromatic N) is 4. The first-order chi connectivity index (χ1) is 15.4. The van der Waals surface area contributed by atoms with Gasteiger partial charge in [-0.25, -0.2) is 14.7 Å². The molecule has 0 spiro atoms. The number of hydroxylamine groups is 2. The Balaban J connectivity index is 0.00000306. The van der Waals surface area contributed by atoms with Gasteiger partial charge in [-0.1, -0.05) is 61.0 Å². The van der Waals surface area contributed by atoms with Gasteiger partial charge in [0.05, 0.1) is 22.3 Å². The molecule has 1 amide bonds. The Morgan fingerprint density at radius 2 is 1.61 bits per heavy atom. The second-order valence-electron chi connectivity index (χ2n) is 6.69. The number of benzene rings is 3. The average molecular weight is 487 g/mol. The number of carbonyl (C=O) groups is 1. The summed E-state index contributed by atoms with van der Waals surface area (Å²) in [6.07, 6.45) is 1.27. The molecule has 10 heteroatoms. The first-order valence-corrected chi connectivity index (χ1v) is 10.1. The third-order valence-corrected chi connectivity index (χ3v) is 4.99. The van der Waals surface area contributed by atoms with Crippen molar-refractivity contribution in [1.29, 1.82) is 0 Å². The van der Waals surface area contributed by atoms with Crippen molar-refractivity contribution in [3.8, 4) is 22.9 Å². The van der Waals surface area contributed by atoms with Crippen molar-refractivity contribution in [3.63, 3.8) is 0 Å². The predicted molar refractivity (Wildman–Crippen MR) is 124 cm³/mol. The number of rotatable bonds is 6. The van der Waals surface area contributed by atoms with Gasteiger partial charge in [0.15, 0.2) is 5.75 Å². The van der Waals surface area contributed by atoms with Crippen LogP contribution in [0.2, 0.25) is 10.0 Å². The van der Waals surface area contributed by atoms with Crippen LogP contribution in [0.1, 0.15) is 23.6 Å². The van der Waals surface area contributed by atoms with Gasteiger partial charge < -0.3 is 9.84 Å². The zero-order valence-electron chi connectivity index (χ0n) is 16.4. The van der Waals surface area contributed by atoms with Crippen molar-refractivity contribution in [2.45, 2.75) is 14.0 Å². The number of hydrogen-bond donors (Lipinski definition) is 2. The lowest BCUT2D eigenvalue weighted by atomic mass is 10.2. The number of hydrogen-bond acceptors (Lipinski definition) is 6. The lowest BCUT2D eigenvalue weighted by Gasteiger charge is -2.13. The van der Waals surface area contributed by atoms with Crippen LogP contribution in [0.25, 0.3) is 5.69 Å². The minimum absolute atomic E-state index is 0. The van der Waals surface area contributed by atoms with Gasteiger partial charge in [-0.2, -0.15) is 0 Å². The minimum atomic E-state index is -0.788. The van der Waals surface area contributed by atoms with Crippen molar-refractivity contribution in [2.75, 3.05) is 0 Å². The zero-order chi connectivity index (χ0) is 22.7. The number of aromatic nitrogens is 3. The van der Waals surface area contributed by atoms with Gasteiger partial charge in [-0.15, -0.1) is 5.10 Å². The van der Waals surface area contributed by atoms with Crippen LogP contribution in [0.4, 0.5) is 0 Å². The third kappa shape index (κ3) is 5.61. The van der Waals surface area contributed by atoms with E-state index in [0.29, 0.717) is 27.8 Å². The first-order valence-electron chi connectivity index (χ1n) is 9.33. The van der Waals surface area contributed by atoms with E-state index in [0.717, 1.165) is 0 Å². The average Bonchev–Trinajstić information content (AvgIpc) is 3.29. The molecule has 4 rings (SSSR count). The van der Waals surface area contributed by atoms with Crippen LogP contribution in [0, 0.1) is 0 Å². The summed E-state index contributed by atoms with van der Waals surface area (Å²) in [6.45, 7) is -0.0736. The lowest BCUT2D eigenvalue weighted by Crippen LogP contribution is -2.28. The molecule has 0 bridgehead atoms. The van der Waals surface area contributed by atoms with Crippen molar-refractivity contribution in [1.82, 2.24) is 19.8 Å². The molecule has 0 saturated heterocycles. The van der Waals surface area contributed by atoms with E-state index in [1.165, 1.54) is 23.1 Å². The highest BCUT2D eigenvalue weighted by atomic mass is 35.5. The summed E-state index contributed by atoms with van der Waals surface area (Å²) in [6, 6.07) is 19.1. The molecule has 0 fully saturated rings. The van der Waals surface area contributed by atoms with Crippen LogP contribution in [0.3, 0.4) is 0 Å². The van der Waals surface area contributed by atoms with Gasteiger partial charge >= 0.3 is 5.91 Å². The van der Waals surface area contributed by atoms with Crippen molar-refractivity contribution >= 4 is 29.1 Å². The number of ether oxygens (including phenoxy) is 1. The summed E-state index contributed by atoms with van der Waals surface area (Å²) in [4.78, 5) is 16.4. The molecule has 0 aliphatic heterocycles. The fourth-order valence-corrected chi connectivity index (χ4v) is 3.29. The number of phenolic OH excluding ortho intramolecular Hbond substituents is 1. The van der Waals surface area contributed by atoms with E-state index in [1.807, 2.05) is 30.3 Å². The van der Waals surface area contributed by atoms with E-state index in [1.54, 1.807) is 24.3 Å². The summed E-state index contributed by atoms with van der Waals surface area (Å²) in [7, 11) is 0. The van der Waals surface area contributed by atoms with Gasteiger partial charge in [0.1, 0.15) is 17.8 Å². The molecule has 170 valence electrons. The summed E-state index contributed by atoms with van der Waals surface area (Å²) in [5.74, 6) is 0.0656. The van der Waals surface area contributed by atoms with Gasteiger partial charge in [-0.3, -0.25) is 10.0 Å². The molecule has 0 aliphatic rings. The number of amides is 1. The van der Waals surface area contributed by atoms with Crippen LogP contribution in [-0.2, 0) is 6.54 Å². The van der Waals surface area contributed by atoms with E-state index in [9.17, 15) is 15.1 Å². The fourth-order valence-electron chi connectivity index (χ4n) is 2.82. The smallest absolute Gasteiger partial charge is 0.317 e. The molecule has 8 nitrogen and oxygen atoms in total. The molecular weight excluding hydrogens is 467 g/mol. The predicted octanol–water partition coefficient (Wildman–Crippen LogP) is 5.74. The Hall–Kier alpha value is -3.59. The fraction of sp³-hybridized carbons (Fsp3) is 0.0870. The molecule has 4 aromatic rings. The third-order valence-electron chi connectivity index (χ3n) is 4.42. The molecule has 0 unspecified atom stereocenters. The molecule has 3 aromatic carbocycles. The highest BCUT2D eigenvalue weighted by molar-refractivity contribution is 6.37.